The van der Waals surface area contributed by atoms with Crippen molar-refractivity contribution in [2.75, 3.05) is 10.6 Å². The van der Waals surface area contributed by atoms with Crippen LogP contribution in [0.4, 0.5) is 22.7 Å². The summed E-state index contributed by atoms with van der Waals surface area (Å²) in [6.45, 7) is 11.9. The Balaban J connectivity index is 1.15. The number of aromatic nitrogens is 3. The van der Waals surface area contributed by atoms with Gasteiger partial charge in [-0.1, -0.05) is 87.0 Å². The summed E-state index contributed by atoms with van der Waals surface area (Å²) in [7, 11) is 0. The normalized spacial score (nSPS) is 13.5. The average Bonchev–Trinajstić information content (AvgIpc) is 3.59. The third kappa shape index (κ3) is 8.05. The number of aryl methyl sites for hydroxylation is 7. The molecule has 0 fully saturated rings. The van der Waals surface area contributed by atoms with Gasteiger partial charge in [0.05, 0.1) is 28.1 Å². The summed E-state index contributed by atoms with van der Waals surface area (Å²) in [5.74, 6) is 2.07. The minimum atomic E-state index is -2.56. The third-order valence-electron chi connectivity index (χ3n) is 11.7. The van der Waals surface area contributed by atoms with Gasteiger partial charge >= 0.3 is 0 Å². The van der Waals surface area contributed by atoms with Crippen LogP contribution in [0, 0.1) is 48.3 Å². The molecule has 0 aliphatic rings. The summed E-state index contributed by atoms with van der Waals surface area (Å²) >= 11 is 0. The zero-order valence-electron chi connectivity index (χ0n) is 43.0. The Morgan fingerprint density at radius 2 is 1.30 bits per heavy atom. The van der Waals surface area contributed by atoms with Gasteiger partial charge < -0.3 is 15.4 Å². The lowest BCUT2D eigenvalue weighted by Crippen LogP contribution is -2.12. The van der Waals surface area contributed by atoms with Gasteiger partial charge in [0.1, 0.15) is 17.3 Å². The number of rotatable bonds is 9. The number of hydrogen-bond acceptors (Lipinski definition) is 5. The molecule has 2 N–H and O–H groups in total. The predicted molar refractivity (Wildman–Crippen MR) is 265 cm³/mol. The molecule has 6 nitrogen and oxygen atoms in total. The zero-order chi connectivity index (χ0) is 49.2. The van der Waals surface area contributed by atoms with Crippen molar-refractivity contribution in [3.8, 4) is 39.6 Å². The second-order valence-corrected chi connectivity index (χ2v) is 17.6. The highest BCUT2D eigenvalue weighted by molar-refractivity contribution is 6.10. The number of fused-ring (bicyclic) bond motifs is 3. The zero-order valence-corrected chi connectivity index (χ0v) is 37.0. The SMILES string of the molecule is [2H]C([2H])([2H])c1cccc(C([2H])([2H])[2H])c1-c1ccccc1Nc1ccccc1Nc1cc(Oc2ccc3c4cc(C)nc(C)c4n(-c4cc(C(C)(C)C)ccn4)c3c2)cc(-c2c(C)cc(C)cc2C)c1. The lowest BCUT2D eigenvalue weighted by Gasteiger charge is -2.20. The Bertz CT molecular complexity index is 3400. The highest BCUT2D eigenvalue weighted by Gasteiger charge is 2.21. The van der Waals surface area contributed by atoms with Crippen LogP contribution in [0.5, 0.6) is 11.5 Å². The van der Waals surface area contributed by atoms with E-state index in [2.05, 4.69) is 111 Å². The molecule has 0 unspecified atom stereocenters. The minimum Gasteiger partial charge on any atom is -0.457 e. The lowest BCUT2D eigenvalue weighted by molar-refractivity contribution is 0.484. The number of pyridine rings is 2. The highest BCUT2D eigenvalue weighted by Crippen LogP contribution is 2.41. The number of anilines is 4. The second-order valence-electron chi connectivity index (χ2n) is 17.6. The van der Waals surface area contributed by atoms with E-state index in [0.29, 0.717) is 28.4 Å². The van der Waals surface area contributed by atoms with Crippen molar-refractivity contribution < 1.29 is 13.0 Å². The summed E-state index contributed by atoms with van der Waals surface area (Å²) in [6, 6.07) is 42.5. The molecule has 3 heterocycles. The van der Waals surface area contributed by atoms with E-state index in [1.165, 1.54) is 29.3 Å². The first-order chi connectivity index (χ1) is 32.6. The highest BCUT2D eigenvalue weighted by atomic mass is 16.5. The second kappa shape index (κ2) is 16.3. The predicted octanol–water partition coefficient (Wildman–Crippen LogP) is 15.6. The van der Waals surface area contributed by atoms with Crippen LogP contribution in [0.3, 0.4) is 0 Å². The number of nitrogens with one attached hydrogen (secondary N) is 2. The van der Waals surface area contributed by atoms with Gasteiger partial charge in [0.2, 0.25) is 0 Å². The number of benzene rings is 6. The van der Waals surface area contributed by atoms with Crippen molar-refractivity contribution in [2.45, 2.75) is 74.5 Å². The van der Waals surface area contributed by atoms with E-state index >= 15 is 0 Å². The topological polar surface area (TPSA) is 64.0 Å². The molecule has 0 radical (unpaired) electrons. The minimum absolute atomic E-state index is 0.0305. The maximum Gasteiger partial charge on any atom is 0.137 e. The van der Waals surface area contributed by atoms with E-state index in [-0.39, 0.29) is 22.1 Å². The smallest absolute Gasteiger partial charge is 0.137 e. The quantitative estimate of drug-likeness (QED) is 0.152. The standard InChI is InChI=1S/C57H55N5O/c1-34-26-37(4)54(38(5)27-34)41-29-43(60-50-20-13-14-21-51(50)61-49-19-12-11-18-47(49)55-35(2)16-15-17-36(55)3)32-45(30-41)63-44-22-23-46-48-28-39(6)59-40(7)56(48)62(52(46)33-44)53-31-42(24-25-58-53)57(8,9)10/h11-33,60-61H,1-10H3/i2D3,3D3. The molecule has 6 heteroatoms. The molecule has 0 aliphatic heterocycles. The number of hydrogen-bond donors (Lipinski definition) is 2. The van der Waals surface area contributed by atoms with E-state index < -0.39 is 13.7 Å². The molecule has 63 heavy (non-hydrogen) atoms. The van der Waals surface area contributed by atoms with E-state index in [9.17, 15) is 0 Å². The Hall–Kier alpha value is -7.18. The Morgan fingerprint density at radius 1 is 0.603 bits per heavy atom. The van der Waals surface area contributed by atoms with Crippen LogP contribution in [-0.2, 0) is 5.41 Å². The molecule has 9 rings (SSSR count). The summed E-state index contributed by atoms with van der Waals surface area (Å²) in [6.07, 6.45) is 1.88. The Morgan fingerprint density at radius 3 is 2.02 bits per heavy atom. The van der Waals surface area contributed by atoms with E-state index in [0.717, 1.165) is 72.6 Å². The summed E-state index contributed by atoms with van der Waals surface area (Å²) in [5, 5.41) is 9.37. The molecular formula is C57H55N5O. The van der Waals surface area contributed by atoms with Crippen molar-refractivity contribution in [3.63, 3.8) is 0 Å². The monoisotopic (exact) mass is 831 g/mol. The molecule has 0 spiro atoms. The number of ether oxygens (including phenoxy) is 1. The van der Waals surface area contributed by atoms with Gasteiger partial charge in [-0.3, -0.25) is 9.55 Å². The van der Waals surface area contributed by atoms with Crippen molar-refractivity contribution in [2.24, 2.45) is 0 Å². The Labute approximate surface area is 380 Å². The van der Waals surface area contributed by atoms with Gasteiger partial charge in [0.15, 0.2) is 0 Å². The molecule has 0 atom stereocenters. The first-order valence-electron chi connectivity index (χ1n) is 24.3. The molecule has 314 valence electrons. The van der Waals surface area contributed by atoms with Crippen LogP contribution in [0.15, 0.2) is 140 Å². The van der Waals surface area contributed by atoms with E-state index in [1.54, 1.807) is 12.1 Å². The van der Waals surface area contributed by atoms with Crippen LogP contribution in [0.2, 0.25) is 0 Å². The largest absolute Gasteiger partial charge is 0.457 e. The summed E-state index contributed by atoms with van der Waals surface area (Å²) in [5.41, 5.74) is 13.7. The molecule has 0 amide bonds. The van der Waals surface area contributed by atoms with Gasteiger partial charge in [0, 0.05) is 60.0 Å². The fourth-order valence-electron chi connectivity index (χ4n) is 8.96. The van der Waals surface area contributed by atoms with Crippen molar-refractivity contribution in [1.29, 1.82) is 0 Å². The van der Waals surface area contributed by atoms with Crippen LogP contribution in [-0.4, -0.2) is 14.5 Å². The first kappa shape index (κ1) is 34.4. The molecular weight excluding hydrogens is 771 g/mol. The van der Waals surface area contributed by atoms with Crippen molar-refractivity contribution in [3.05, 3.63) is 184 Å². The van der Waals surface area contributed by atoms with E-state index in [4.69, 9.17) is 22.9 Å². The van der Waals surface area contributed by atoms with E-state index in [1.807, 2.05) is 68.6 Å². The van der Waals surface area contributed by atoms with Crippen molar-refractivity contribution >= 4 is 44.6 Å². The van der Waals surface area contributed by atoms with Gasteiger partial charge in [-0.2, -0.15) is 0 Å². The molecule has 0 saturated carbocycles. The first-order valence-corrected chi connectivity index (χ1v) is 21.3. The van der Waals surface area contributed by atoms with Crippen LogP contribution < -0.4 is 15.4 Å². The van der Waals surface area contributed by atoms with Gasteiger partial charge in [-0.25, -0.2) is 4.98 Å². The molecule has 0 saturated heterocycles. The molecule has 0 aliphatic carbocycles. The summed E-state index contributed by atoms with van der Waals surface area (Å²) in [4.78, 5) is 9.79. The maximum atomic E-state index is 8.37. The molecule has 9 aromatic rings. The Kier molecular flexibility index (Phi) is 8.88. The van der Waals surface area contributed by atoms with Crippen LogP contribution >= 0.6 is 0 Å². The van der Waals surface area contributed by atoms with Gasteiger partial charge in [-0.15, -0.1) is 0 Å². The average molecular weight is 832 g/mol. The number of para-hydroxylation sites is 3. The lowest BCUT2D eigenvalue weighted by atomic mass is 9.88. The van der Waals surface area contributed by atoms with Gasteiger partial charge in [-0.05, 0) is 159 Å². The fourth-order valence-corrected chi connectivity index (χ4v) is 8.96. The number of nitrogens with zero attached hydrogens (tertiary/aromatic N) is 3. The fraction of sp³-hybridized carbons (Fsp3) is 0.193. The molecule has 6 aromatic carbocycles. The van der Waals surface area contributed by atoms with Crippen molar-refractivity contribution in [1.82, 2.24) is 14.5 Å². The third-order valence-corrected chi connectivity index (χ3v) is 11.7. The van der Waals surface area contributed by atoms with Gasteiger partial charge in [0.25, 0.3) is 0 Å². The van der Waals surface area contributed by atoms with Crippen LogP contribution in [0.25, 0.3) is 49.9 Å². The van der Waals surface area contributed by atoms with Crippen LogP contribution in [0.1, 0.15) is 73.8 Å². The molecule has 3 aromatic heterocycles. The summed E-state index contributed by atoms with van der Waals surface area (Å²) < 4.78 is 59.3. The maximum absolute atomic E-state index is 8.37. The molecule has 0 bridgehead atoms.